The first-order valence-corrected chi connectivity index (χ1v) is 9.39. The van der Waals surface area contributed by atoms with Crippen molar-refractivity contribution in [3.05, 3.63) is 16.1 Å². The molecule has 27 heavy (non-hydrogen) atoms. The molecule has 0 fully saturated rings. The van der Waals surface area contributed by atoms with Gasteiger partial charge < -0.3 is 15.1 Å². The highest BCUT2D eigenvalue weighted by molar-refractivity contribution is 14.0. The first kappa shape index (κ1) is 25.9. The van der Waals surface area contributed by atoms with E-state index in [4.69, 9.17) is 0 Å². The average molecular weight is 521 g/mol. The molecule has 1 heterocycles. The lowest BCUT2D eigenvalue weighted by Gasteiger charge is -2.25. The molecule has 1 aromatic heterocycles. The lowest BCUT2D eigenvalue weighted by Crippen LogP contribution is -2.45. The number of hydrogen-bond acceptors (Lipinski definition) is 4. The largest absolute Gasteiger partial charge is 0.434 e. The molecule has 1 rings (SSSR count). The molecular weight excluding hydrogens is 494 g/mol. The third-order valence-electron chi connectivity index (χ3n) is 3.61. The van der Waals surface area contributed by atoms with Gasteiger partial charge in [0.25, 0.3) is 0 Å². The molecule has 0 aromatic carbocycles. The zero-order chi connectivity index (χ0) is 19.7. The number of amides is 1. The first-order valence-electron chi connectivity index (χ1n) is 8.51. The zero-order valence-corrected chi connectivity index (χ0v) is 19.1. The van der Waals surface area contributed by atoms with E-state index >= 15 is 0 Å². The summed E-state index contributed by atoms with van der Waals surface area (Å²) in [5, 5.41) is 4.49. The number of thiazole rings is 1. The normalized spacial score (nSPS) is 11.7. The second-order valence-corrected chi connectivity index (χ2v) is 6.47. The molecule has 11 heteroatoms. The zero-order valence-electron chi connectivity index (χ0n) is 16.0. The van der Waals surface area contributed by atoms with E-state index in [1.165, 1.54) is 0 Å². The maximum atomic E-state index is 12.6. The van der Waals surface area contributed by atoms with Crippen molar-refractivity contribution in [1.82, 2.24) is 20.1 Å². The topological polar surface area (TPSA) is 60.8 Å². The minimum Gasteiger partial charge on any atom is -0.357 e. The Morgan fingerprint density at radius 2 is 1.93 bits per heavy atom. The van der Waals surface area contributed by atoms with Gasteiger partial charge in [-0.2, -0.15) is 13.2 Å². The van der Waals surface area contributed by atoms with Crippen LogP contribution in [0, 0.1) is 0 Å². The van der Waals surface area contributed by atoms with Crippen LogP contribution in [0.1, 0.15) is 31.5 Å². The SMILES string of the molecule is CCNC(=NCCc1nc(C(F)(F)F)cs1)N(C)CC(=O)N(CC)CC.I. The first-order chi connectivity index (χ1) is 12.2. The summed E-state index contributed by atoms with van der Waals surface area (Å²) in [6, 6.07) is 0. The van der Waals surface area contributed by atoms with Crippen LogP contribution in [0.4, 0.5) is 13.2 Å². The number of carbonyl (C=O) groups excluding carboxylic acids is 1. The van der Waals surface area contributed by atoms with Crippen LogP contribution in [0.2, 0.25) is 0 Å². The Kier molecular flexibility index (Phi) is 11.9. The van der Waals surface area contributed by atoms with E-state index in [1.54, 1.807) is 16.8 Å². The Hall–Kier alpha value is -1.11. The monoisotopic (exact) mass is 521 g/mol. The van der Waals surface area contributed by atoms with Crippen LogP contribution in [0.25, 0.3) is 0 Å². The molecular formula is C16H27F3IN5OS. The Balaban J connectivity index is 0.00000676. The summed E-state index contributed by atoms with van der Waals surface area (Å²) in [7, 11) is 1.76. The smallest absolute Gasteiger partial charge is 0.357 e. The van der Waals surface area contributed by atoms with Crippen molar-refractivity contribution >= 4 is 47.2 Å². The molecule has 6 nitrogen and oxygen atoms in total. The van der Waals surface area contributed by atoms with Gasteiger partial charge in [-0.1, -0.05) is 0 Å². The summed E-state index contributed by atoms with van der Waals surface area (Å²) < 4.78 is 37.7. The number of guanidine groups is 1. The highest BCUT2D eigenvalue weighted by Crippen LogP contribution is 2.30. The van der Waals surface area contributed by atoms with E-state index in [9.17, 15) is 18.0 Å². The summed E-state index contributed by atoms with van der Waals surface area (Å²) in [6.45, 7) is 8.13. The fraction of sp³-hybridized carbons (Fsp3) is 0.688. The maximum Gasteiger partial charge on any atom is 0.434 e. The number of carbonyl (C=O) groups is 1. The number of rotatable bonds is 8. The second-order valence-electron chi connectivity index (χ2n) is 5.53. The molecule has 1 aromatic rings. The summed E-state index contributed by atoms with van der Waals surface area (Å²) >= 11 is 0.975. The van der Waals surface area contributed by atoms with Crippen molar-refractivity contribution in [3.63, 3.8) is 0 Å². The number of aromatic nitrogens is 1. The van der Waals surface area contributed by atoms with E-state index in [1.807, 2.05) is 20.8 Å². The molecule has 1 amide bonds. The number of hydrogen-bond donors (Lipinski definition) is 1. The number of likely N-dealkylation sites (N-methyl/N-ethyl adjacent to an activating group) is 2. The number of alkyl halides is 3. The van der Waals surface area contributed by atoms with Gasteiger partial charge >= 0.3 is 6.18 Å². The quantitative estimate of drug-likeness (QED) is 0.325. The van der Waals surface area contributed by atoms with Gasteiger partial charge in [0.2, 0.25) is 5.91 Å². The summed E-state index contributed by atoms with van der Waals surface area (Å²) in [5.41, 5.74) is -0.865. The Morgan fingerprint density at radius 3 is 2.41 bits per heavy atom. The number of halogens is 4. The molecule has 0 atom stereocenters. The van der Waals surface area contributed by atoms with Gasteiger partial charge in [0.05, 0.1) is 11.6 Å². The standard InChI is InChI=1S/C16H26F3N5OS.HI/c1-5-20-15(23(4)10-14(25)24(6-2)7-3)21-9-8-13-22-12(11-26-13)16(17,18)19;/h11H,5-10H2,1-4H3,(H,20,21);1H. The van der Waals surface area contributed by atoms with Gasteiger partial charge in [-0.15, -0.1) is 35.3 Å². The number of nitrogens with one attached hydrogen (secondary N) is 1. The van der Waals surface area contributed by atoms with Crippen molar-refractivity contribution in [3.8, 4) is 0 Å². The van der Waals surface area contributed by atoms with Crippen LogP contribution in [0.15, 0.2) is 10.4 Å². The fourth-order valence-electron chi connectivity index (χ4n) is 2.24. The molecule has 0 saturated carbocycles. The van der Waals surface area contributed by atoms with Crippen LogP contribution >= 0.6 is 35.3 Å². The molecule has 1 N–H and O–H groups in total. The molecule has 156 valence electrons. The van der Waals surface area contributed by atoms with Crippen molar-refractivity contribution in [2.75, 3.05) is 39.8 Å². The average Bonchev–Trinajstić information content (AvgIpc) is 3.04. The molecule has 0 aliphatic heterocycles. The molecule has 0 saturated heterocycles. The van der Waals surface area contributed by atoms with Crippen LogP contribution in [0.3, 0.4) is 0 Å². The fourth-order valence-corrected chi connectivity index (χ4v) is 3.03. The highest BCUT2D eigenvalue weighted by atomic mass is 127. The van der Waals surface area contributed by atoms with Crippen molar-refractivity contribution < 1.29 is 18.0 Å². The van der Waals surface area contributed by atoms with Gasteiger partial charge in [-0.25, -0.2) is 4.98 Å². The molecule has 0 radical (unpaired) electrons. The van der Waals surface area contributed by atoms with E-state index in [2.05, 4.69) is 15.3 Å². The third-order valence-corrected chi connectivity index (χ3v) is 4.52. The predicted octanol–water partition coefficient (Wildman–Crippen LogP) is 3.09. The Bertz CT molecular complexity index is 605. The van der Waals surface area contributed by atoms with Crippen molar-refractivity contribution in [2.24, 2.45) is 4.99 Å². The van der Waals surface area contributed by atoms with Crippen LogP contribution in [-0.4, -0.2) is 66.4 Å². The lowest BCUT2D eigenvalue weighted by atomic mass is 10.4. The number of aliphatic imine (C=N–C) groups is 1. The van der Waals surface area contributed by atoms with Crippen molar-refractivity contribution in [2.45, 2.75) is 33.4 Å². The Labute approximate surface area is 179 Å². The predicted molar refractivity (Wildman–Crippen MR) is 113 cm³/mol. The van der Waals surface area contributed by atoms with Gasteiger partial charge in [0.1, 0.15) is 0 Å². The van der Waals surface area contributed by atoms with Gasteiger partial charge in [-0.3, -0.25) is 9.79 Å². The molecule has 0 spiro atoms. The molecule has 0 bridgehead atoms. The molecule has 0 aliphatic rings. The van der Waals surface area contributed by atoms with E-state index < -0.39 is 11.9 Å². The molecule has 0 aliphatic carbocycles. The summed E-state index contributed by atoms with van der Waals surface area (Å²) in [4.78, 5) is 23.6. The van der Waals surface area contributed by atoms with E-state index in [-0.39, 0.29) is 43.0 Å². The van der Waals surface area contributed by atoms with Crippen LogP contribution < -0.4 is 5.32 Å². The van der Waals surface area contributed by atoms with Gasteiger partial charge in [-0.05, 0) is 20.8 Å². The Morgan fingerprint density at radius 1 is 1.30 bits per heavy atom. The second kappa shape index (κ2) is 12.4. The highest BCUT2D eigenvalue weighted by Gasteiger charge is 2.33. The van der Waals surface area contributed by atoms with Crippen LogP contribution in [-0.2, 0) is 17.4 Å². The van der Waals surface area contributed by atoms with Crippen LogP contribution in [0.5, 0.6) is 0 Å². The number of nitrogens with zero attached hydrogens (tertiary/aromatic N) is 4. The third kappa shape index (κ3) is 8.62. The minimum absolute atomic E-state index is 0. The lowest BCUT2D eigenvalue weighted by molar-refractivity contribution is -0.140. The molecule has 0 unspecified atom stereocenters. The summed E-state index contributed by atoms with van der Waals surface area (Å²) in [5.74, 6) is 0.540. The van der Waals surface area contributed by atoms with E-state index in [0.29, 0.717) is 37.0 Å². The summed E-state index contributed by atoms with van der Waals surface area (Å²) in [6.07, 6.45) is -4.11. The van der Waals surface area contributed by atoms with Gasteiger partial charge in [0.15, 0.2) is 11.7 Å². The maximum absolute atomic E-state index is 12.6. The van der Waals surface area contributed by atoms with Gasteiger partial charge in [0, 0.05) is 45.0 Å². The van der Waals surface area contributed by atoms with Crippen molar-refractivity contribution in [1.29, 1.82) is 0 Å². The minimum atomic E-state index is -4.42. The van der Waals surface area contributed by atoms with E-state index in [0.717, 1.165) is 16.7 Å².